The van der Waals surface area contributed by atoms with E-state index >= 15 is 0 Å². The normalized spacial score (nSPS) is 18.2. The fourth-order valence-electron chi connectivity index (χ4n) is 1.99. The molecule has 2 heterocycles. The SMILES string of the molecule is COc1ccnc(N2CC(C(=O)O)CC2=O)c1C#N. The molecule has 7 heteroatoms. The minimum atomic E-state index is -1.03. The maximum Gasteiger partial charge on any atom is 0.308 e. The molecule has 7 nitrogen and oxygen atoms in total. The Morgan fingerprint density at radius 1 is 1.68 bits per heavy atom. The summed E-state index contributed by atoms with van der Waals surface area (Å²) in [6, 6.07) is 3.44. The molecule has 1 aliphatic rings. The molecular formula is C12H11N3O4. The Balaban J connectivity index is 2.41. The van der Waals surface area contributed by atoms with E-state index in [1.807, 2.05) is 6.07 Å². The second-order valence-corrected chi connectivity index (χ2v) is 4.07. The van der Waals surface area contributed by atoms with Crippen LogP contribution in [-0.2, 0) is 9.59 Å². The van der Waals surface area contributed by atoms with Gasteiger partial charge in [0.25, 0.3) is 0 Å². The van der Waals surface area contributed by atoms with Crippen LogP contribution in [0.1, 0.15) is 12.0 Å². The van der Waals surface area contributed by atoms with Crippen molar-refractivity contribution >= 4 is 17.7 Å². The summed E-state index contributed by atoms with van der Waals surface area (Å²) in [7, 11) is 1.41. The lowest BCUT2D eigenvalue weighted by Crippen LogP contribution is -2.27. The Kier molecular flexibility index (Phi) is 3.33. The second kappa shape index (κ2) is 4.94. The van der Waals surface area contributed by atoms with Gasteiger partial charge >= 0.3 is 5.97 Å². The van der Waals surface area contributed by atoms with Crippen molar-refractivity contribution in [3.8, 4) is 11.8 Å². The highest BCUT2D eigenvalue weighted by Crippen LogP contribution is 2.30. The van der Waals surface area contributed by atoms with Gasteiger partial charge in [-0.25, -0.2) is 4.98 Å². The van der Waals surface area contributed by atoms with Crippen LogP contribution in [0.4, 0.5) is 5.82 Å². The first-order valence-electron chi connectivity index (χ1n) is 5.54. The molecule has 1 unspecified atom stereocenters. The molecule has 1 saturated heterocycles. The molecule has 0 aliphatic carbocycles. The lowest BCUT2D eigenvalue weighted by Gasteiger charge is -2.17. The molecule has 1 atom stereocenters. The maximum absolute atomic E-state index is 11.8. The highest BCUT2D eigenvalue weighted by atomic mass is 16.5. The van der Waals surface area contributed by atoms with Crippen LogP contribution < -0.4 is 9.64 Å². The van der Waals surface area contributed by atoms with Gasteiger partial charge in [0, 0.05) is 19.2 Å². The van der Waals surface area contributed by atoms with E-state index in [-0.39, 0.29) is 30.3 Å². The molecule has 0 saturated carbocycles. The third kappa shape index (κ3) is 2.20. The van der Waals surface area contributed by atoms with E-state index < -0.39 is 11.9 Å². The van der Waals surface area contributed by atoms with Crippen molar-refractivity contribution < 1.29 is 19.4 Å². The van der Waals surface area contributed by atoms with Gasteiger partial charge in [-0.05, 0) is 6.07 Å². The Hall–Kier alpha value is -2.62. The van der Waals surface area contributed by atoms with Gasteiger partial charge < -0.3 is 9.84 Å². The van der Waals surface area contributed by atoms with E-state index in [2.05, 4.69) is 4.98 Å². The zero-order valence-corrected chi connectivity index (χ0v) is 10.2. The van der Waals surface area contributed by atoms with Crippen molar-refractivity contribution in [2.45, 2.75) is 6.42 Å². The lowest BCUT2D eigenvalue weighted by atomic mass is 10.1. The summed E-state index contributed by atoms with van der Waals surface area (Å²) in [4.78, 5) is 28.0. The number of carboxylic acids is 1. The molecule has 0 bridgehead atoms. The first kappa shape index (κ1) is 12.8. The van der Waals surface area contributed by atoms with E-state index in [9.17, 15) is 9.59 Å². The minimum Gasteiger partial charge on any atom is -0.495 e. The van der Waals surface area contributed by atoms with E-state index in [0.29, 0.717) is 5.75 Å². The fourth-order valence-corrected chi connectivity index (χ4v) is 1.99. The minimum absolute atomic E-state index is 0.0169. The molecule has 0 spiro atoms. The van der Waals surface area contributed by atoms with Crippen LogP contribution in [0.25, 0.3) is 0 Å². The Labute approximate surface area is 109 Å². The average molecular weight is 261 g/mol. The maximum atomic E-state index is 11.8. The first-order valence-corrected chi connectivity index (χ1v) is 5.54. The van der Waals surface area contributed by atoms with Crippen molar-refractivity contribution in [2.24, 2.45) is 5.92 Å². The van der Waals surface area contributed by atoms with Gasteiger partial charge in [-0.1, -0.05) is 0 Å². The van der Waals surface area contributed by atoms with Crippen molar-refractivity contribution in [3.05, 3.63) is 17.8 Å². The molecule has 1 aromatic heterocycles. The van der Waals surface area contributed by atoms with Crippen molar-refractivity contribution in [2.75, 3.05) is 18.6 Å². The number of rotatable bonds is 3. The predicted molar refractivity (Wildman–Crippen MR) is 63.6 cm³/mol. The van der Waals surface area contributed by atoms with E-state index in [0.717, 1.165) is 0 Å². The molecule has 1 aliphatic heterocycles. The number of aromatic nitrogens is 1. The molecular weight excluding hydrogens is 250 g/mol. The van der Waals surface area contributed by atoms with Crippen LogP contribution in [0.2, 0.25) is 0 Å². The molecule has 0 radical (unpaired) electrons. The number of ether oxygens (including phenoxy) is 1. The summed E-state index contributed by atoms with van der Waals surface area (Å²) >= 11 is 0. The number of carbonyl (C=O) groups excluding carboxylic acids is 1. The number of methoxy groups -OCH3 is 1. The van der Waals surface area contributed by atoms with Crippen molar-refractivity contribution in [1.29, 1.82) is 5.26 Å². The Morgan fingerprint density at radius 3 is 2.95 bits per heavy atom. The number of carboxylic acid groups (broad SMARTS) is 1. The number of anilines is 1. The molecule has 98 valence electrons. The summed E-state index contributed by atoms with van der Waals surface area (Å²) in [5.74, 6) is -1.70. The second-order valence-electron chi connectivity index (χ2n) is 4.07. The summed E-state index contributed by atoms with van der Waals surface area (Å²) < 4.78 is 5.03. The molecule has 1 N–H and O–H groups in total. The number of hydrogen-bond acceptors (Lipinski definition) is 5. The van der Waals surface area contributed by atoms with Gasteiger partial charge in [0.1, 0.15) is 17.4 Å². The number of nitriles is 1. The largest absolute Gasteiger partial charge is 0.495 e. The van der Waals surface area contributed by atoms with Crippen LogP contribution in [0.3, 0.4) is 0 Å². The average Bonchev–Trinajstić information content (AvgIpc) is 2.79. The van der Waals surface area contributed by atoms with Crippen LogP contribution in [-0.4, -0.2) is 35.6 Å². The number of amides is 1. The van der Waals surface area contributed by atoms with Gasteiger partial charge in [-0.15, -0.1) is 0 Å². The van der Waals surface area contributed by atoms with E-state index in [1.54, 1.807) is 0 Å². The quantitative estimate of drug-likeness (QED) is 0.844. The Morgan fingerprint density at radius 2 is 2.42 bits per heavy atom. The summed E-state index contributed by atoms with van der Waals surface area (Å²) in [5, 5.41) is 18.1. The molecule has 0 aromatic carbocycles. The third-order valence-electron chi connectivity index (χ3n) is 2.95. The van der Waals surface area contributed by atoms with Crippen LogP contribution in [0, 0.1) is 17.2 Å². The standard InChI is InChI=1S/C12H11N3O4/c1-19-9-2-3-14-11(8(9)5-13)15-6-7(12(17)18)4-10(15)16/h2-3,7H,4,6H2,1H3,(H,17,18). The van der Waals surface area contributed by atoms with Crippen LogP contribution in [0.15, 0.2) is 12.3 Å². The van der Waals surface area contributed by atoms with Gasteiger partial charge in [0.05, 0.1) is 13.0 Å². The lowest BCUT2D eigenvalue weighted by molar-refractivity contribution is -0.141. The number of pyridine rings is 1. The summed E-state index contributed by atoms with van der Waals surface area (Å²) in [5.41, 5.74) is 0.129. The smallest absolute Gasteiger partial charge is 0.308 e. The molecule has 1 fully saturated rings. The topological polar surface area (TPSA) is 104 Å². The highest BCUT2D eigenvalue weighted by Gasteiger charge is 2.37. The first-order chi connectivity index (χ1) is 9.08. The van der Waals surface area contributed by atoms with Crippen molar-refractivity contribution in [1.82, 2.24) is 4.98 Å². The molecule has 1 amide bonds. The Bertz CT molecular complexity index is 579. The monoisotopic (exact) mass is 261 g/mol. The summed E-state index contributed by atoms with van der Waals surface area (Å²) in [6.07, 6.45) is 1.33. The zero-order valence-electron chi connectivity index (χ0n) is 10.2. The van der Waals surface area contributed by atoms with Crippen LogP contribution in [0.5, 0.6) is 5.75 Å². The predicted octanol–water partition coefficient (Wildman–Crippen LogP) is 0.399. The van der Waals surface area contributed by atoms with Crippen LogP contribution >= 0.6 is 0 Å². The number of nitrogens with zero attached hydrogens (tertiary/aromatic N) is 3. The third-order valence-corrected chi connectivity index (χ3v) is 2.95. The van der Waals surface area contributed by atoms with E-state index in [4.69, 9.17) is 15.1 Å². The number of aliphatic carboxylic acids is 1. The molecule has 19 heavy (non-hydrogen) atoms. The zero-order chi connectivity index (χ0) is 14.0. The highest BCUT2D eigenvalue weighted by molar-refractivity contribution is 5.99. The van der Waals surface area contributed by atoms with Crippen molar-refractivity contribution in [3.63, 3.8) is 0 Å². The number of carbonyl (C=O) groups is 2. The van der Waals surface area contributed by atoms with Gasteiger partial charge in [-0.2, -0.15) is 5.26 Å². The number of hydrogen-bond donors (Lipinski definition) is 1. The van der Waals surface area contributed by atoms with E-state index in [1.165, 1.54) is 24.3 Å². The van der Waals surface area contributed by atoms with Gasteiger partial charge in [0.15, 0.2) is 5.82 Å². The molecule has 1 aromatic rings. The fraction of sp³-hybridized carbons (Fsp3) is 0.333. The van der Waals surface area contributed by atoms with Gasteiger partial charge in [-0.3, -0.25) is 14.5 Å². The summed E-state index contributed by atoms with van der Waals surface area (Å²) in [6.45, 7) is 0.0169. The molecule has 2 rings (SSSR count). The van der Waals surface area contributed by atoms with Gasteiger partial charge in [0.2, 0.25) is 5.91 Å².